The highest BCUT2D eigenvalue weighted by atomic mass is 32.1. The fraction of sp³-hybridized carbons (Fsp3) is 0.429. The molecule has 29 heavy (non-hydrogen) atoms. The Morgan fingerprint density at radius 3 is 2.55 bits per heavy atom. The van der Waals surface area contributed by atoms with Crippen LogP contribution in [0.3, 0.4) is 0 Å². The summed E-state index contributed by atoms with van der Waals surface area (Å²) in [5.74, 6) is 0.108. The van der Waals surface area contributed by atoms with Crippen LogP contribution in [0, 0.1) is 0 Å². The maximum absolute atomic E-state index is 13.3. The highest BCUT2D eigenvalue weighted by Crippen LogP contribution is 2.46. The van der Waals surface area contributed by atoms with E-state index in [9.17, 15) is 9.59 Å². The van der Waals surface area contributed by atoms with Crippen molar-refractivity contribution in [2.45, 2.75) is 18.4 Å². The molecule has 0 aliphatic carbocycles. The largest absolute Gasteiger partial charge is 0.493 e. The summed E-state index contributed by atoms with van der Waals surface area (Å²) >= 11 is 1.53. The summed E-state index contributed by atoms with van der Waals surface area (Å²) in [6.45, 7) is 1.07. The summed E-state index contributed by atoms with van der Waals surface area (Å²) in [4.78, 5) is 29.0. The minimum Gasteiger partial charge on any atom is -0.493 e. The van der Waals surface area contributed by atoms with Crippen molar-refractivity contribution < 1.29 is 23.8 Å². The van der Waals surface area contributed by atoms with Gasteiger partial charge in [-0.3, -0.25) is 9.59 Å². The van der Waals surface area contributed by atoms with Gasteiger partial charge in [0, 0.05) is 37.7 Å². The number of benzene rings is 1. The van der Waals surface area contributed by atoms with Crippen LogP contribution < -0.4 is 14.8 Å². The number of fused-ring (bicyclic) bond motifs is 1. The Morgan fingerprint density at radius 1 is 1.21 bits per heavy atom. The van der Waals surface area contributed by atoms with E-state index in [2.05, 4.69) is 5.32 Å². The molecule has 2 amide bonds. The van der Waals surface area contributed by atoms with Gasteiger partial charge in [0.05, 0.1) is 26.2 Å². The molecule has 0 bridgehead atoms. The monoisotopic (exact) mass is 418 g/mol. The van der Waals surface area contributed by atoms with Crippen molar-refractivity contribution >= 4 is 23.2 Å². The molecule has 3 rings (SSSR count). The van der Waals surface area contributed by atoms with Gasteiger partial charge in [0.25, 0.3) is 5.91 Å². The second kappa shape index (κ2) is 9.28. The quantitative estimate of drug-likeness (QED) is 0.667. The molecule has 1 aliphatic heterocycles. The topological polar surface area (TPSA) is 77.1 Å². The molecular weight excluding hydrogens is 392 g/mol. The molecule has 1 N–H and O–H groups in total. The van der Waals surface area contributed by atoms with E-state index in [1.807, 2.05) is 17.5 Å². The first-order valence-electron chi connectivity index (χ1n) is 9.36. The number of amides is 2. The SMILES string of the molecule is COCCCNC(=O)[C@H]1c2cc(OC)c(OC)cc2C(=O)N(C)[C@@H]1c1cccs1. The Bertz CT molecular complexity index is 868. The van der Waals surface area contributed by atoms with Crippen LogP contribution in [0.25, 0.3) is 0 Å². The van der Waals surface area contributed by atoms with E-state index in [-0.39, 0.29) is 11.8 Å². The van der Waals surface area contributed by atoms with Gasteiger partial charge in [-0.05, 0) is 35.6 Å². The van der Waals surface area contributed by atoms with E-state index >= 15 is 0 Å². The predicted octanol–water partition coefficient (Wildman–Crippen LogP) is 2.83. The third kappa shape index (κ3) is 4.09. The van der Waals surface area contributed by atoms with E-state index in [0.717, 1.165) is 4.88 Å². The van der Waals surface area contributed by atoms with Crippen LogP contribution in [0.15, 0.2) is 29.6 Å². The lowest BCUT2D eigenvalue weighted by molar-refractivity contribution is -0.124. The van der Waals surface area contributed by atoms with Gasteiger partial charge in [0.15, 0.2) is 11.5 Å². The molecule has 7 nitrogen and oxygen atoms in total. The summed E-state index contributed by atoms with van der Waals surface area (Å²) < 4.78 is 15.9. The normalized spacial score (nSPS) is 18.3. The fourth-order valence-corrected chi connectivity index (χ4v) is 4.59. The summed E-state index contributed by atoms with van der Waals surface area (Å²) in [6.07, 6.45) is 0.714. The summed E-state index contributed by atoms with van der Waals surface area (Å²) in [6, 6.07) is 6.89. The van der Waals surface area contributed by atoms with Crippen molar-refractivity contribution in [1.82, 2.24) is 10.2 Å². The lowest BCUT2D eigenvalue weighted by atomic mass is 9.81. The van der Waals surface area contributed by atoms with E-state index in [4.69, 9.17) is 14.2 Å². The van der Waals surface area contributed by atoms with Crippen LogP contribution in [-0.2, 0) is 9.53 Å². The van der Waals surface area contributed by atoms with Gasteiger partial charge < -0.3 is 24.4 Å². The van der Waals surface area contributed by atoms with Crippen LogP contribution >= 0.6 is 11.3 Å². The Morgan fingerprint density at radius 2 is 1.93 bits per heavy atom. The van der Waals surface area contributed by atoms with E-state index in [1.54, 1.807) is 31.2 Å². The van der Waals surface area contributed by atoms with Crippen LogP contribution in [0.1, 0.15) is 39.2 Å². The molecule has 2 heterocycles. The zero-order valence-electron chi connectivity index (χ0n) is 17.1. The minimum absolute atomic E-state index is 0.132. The number of nitrogens with one attached hydrogen (secondary N) is 1. The molecule has 1 aromatic carbocycles. The van der Waals surface area contributed by atoms with E-state index in [1.165, 1.54) is 25.6 Å². The number of carbonyl (C=O) groups excluding carboxylic acids is 2. The first kappa shape index (κ1) is 21.1. The van der Waals surface area contributed by atoms with E-state index in [0.29, 0.717) is 42.2 Å². The van der Waals surface area contributed by atoms with Crippen molar-refractivity contribution in [3.05, 3.63) is 45.6 Å². The number of nitrogens with zero attached hydrogens (tertiary/aromatic N) is 1. The number of carbonyl (C=O) groups is 2. The Labute approximate surface area is 174 Å². The van der Waals surface area contributed by atoms with Crippen LogP contribution in [0.5, 0.6) is 11.5 Å². The summed E-state index contributed by atoms with van der Waals surface area (Å²) in [5.41, 5.74) is 1.10. The summed E-state index contributed by atoms with van der Waals surface area (Å²) in [5, 5.41) is 4.95. The minimum atomic E-state index is -0.561. The number of ether oxygens (including phenoxy) is 3. The molecule has 0 unspecified atom stereocenters. The first-order valence-corrected chi connectivity index (χ1v) is 10.2. The third-order valence-electron chi connectivity index (χ3n) is 5.12. The summed E-state index contributed by atoms with van der Waals surface area (Å²) in [7, 11) is 6.43. The number of rotatable bonds is 8. The van der Waals surface area contributed by atoms with Gasteiger partial charge in [0.2, 0.25) is 5.91 Å². The van der Waals surface area contributed by atoms with Crippen molar-refractivity contribution in [3.8, 4) is 11.5 Å². The standard InChI is InChI=1S/C21H26N2O5S/c1-23-19(17-7-5-10-29-17)18(20(24)22-8-6-9-26-2)13-11-15(27-3)16(28-4)12-14(13)21(23)25/h5,7,10-12,18-19H,6,8-9H2,1-4H3,(H,22,24)/t18-,19+/m0/s1. The molecule has 1 aromatic heterocycles. The first-order chi connectivity index (χ1) is 14.0. The zero-order valence-corrected chi connectivity index (χ0v) is 17.9. The number of likely N-dealkylation sites (N-methyl/N-ethyl adjacent to an activating group) is 1. The van der Waals surface area contributed by atoms with E-state index < -0.39 is 12.0 Å². The van der Waals surface area contributed by atoms with Crippen molar-refractivity contribution in [2.75, 3.05) is 41.5 Å². The lowest BCUT2D eigenvalue weighted by Gasteiger charge is -2.39. The van der Waals surface area contributed by atoms with Gasteiger partial charge in [-0.2, -0.15) is 0 Å². The Balaban J connectivity index is 2.07. The maximum atomic E-state index is 13.3. The van der Waals surface area contributed by atoms with Crippen molar-refractivity contribution in [2.24, 2.45) is 0 Å². The average molecular weight is 419 g/mol. The molecule has 0 saturated carbocycles. The molecule has 2 atom stereocenters. The highest BCUT2D eigenvalue weighted by molar-refractivity contribution is 7.10. The average Bonchev–Trinajstić information content (AvgIpc) is 3.26. The second-order valence-electron chi connectivity index (χ2n) is 6.79. The third-order valence-corrected chi connectivity index (χ3v) is 6.06. The van der Waals surface area contributed by atoms with Crippen LogP contribution in [0.2, 0.25) is 0 Å². The predicted molar refractivity (Wildman–Crippen MR) is 111 cm³/mol. The second-order valence-corrected chi connectivity index (χ2v) is 7.77. The molecule has 1 aliphatic rings. The number of hydrogen-bond donors (Lipinski definition) is 1. The smallest absolute Gasteiger partial charge is 0.254 e. The Kier molecular flexibility index (Phi) is 6.76. The van der Waals surface area contributed by atoms with Gasteiger partial charge in [0.1, 0.15) is 0 Å². The number of hydrogen-bond acceptors (Lipinski definition) is 6. The van der Waals surface area contributed by atoms with Gasteiger partial charge >= 0.3 is 0 Å². The van der Waals surface area contributed by atoms with Gasteiger partial charge in [-0.25, -0.2) is 0 Å². The molecular formula is C21H26N2O5S. The number of methoxy groups -OCH3 is 3. The Hall–Kier alpha value is -2.58. The van der Waals surface area contributed by atoms with Crippen molar-refractivity contribution in [3.63, 3.8) is 0 Å². The van der Waals surface area contributed by atoms with Gasteiger partial charge in [-0.1, -0.05) is 6.07 Å². The molecule has 0 spiro atoms. The fourth-order valence-electron chi connectivity index (χ4n) is 3.68. The molecule has 0 fully saturated rings. The van der Waals surface area contributed by atoms with Crippen LogP contribution in [-0.4, -0.2) is 58.2 Å². The molecule has 0 radical (unpaired) electrons. The molecule has 156 valence electrons. The van der Waals surface area contributed by atoms with Crippen LogP contribution in [0.4, 0.5) is 0 Å². The zero-order chi connectivity index (χ0) is 21.0. The van der Waals surface area contributed by atoms with Gasteiger partial charge in [-0.15, -0.1) is 11.3 Å². The molecule has 2 aromatic rings. The highest BCUT2D eigenvalue weighted by Gasteiger charge is 2.43. The van der Waals surface area contributed by atoms with Crippen molar-refractivity contribution in [1.29, 1.82) is 0 Å². The lowest BCUT2D eigenvalue weighted by Crippen LogP contribution is -2.45. The number of thiophene rings is 1. The molecule has 8 heteroatoms. The maximum Gasteiger partial charge on any atom is 0.254 e. The molecule has 0 saturated heterocycles.